The molecule has 7 nitrogen and oxygen atoms in total. The molecular formula is C28H29BrN4O3. The molecule has 2 bridgehead atoms. The van der Waals surface area contributed by atoms with Gasteiger partial charge in [0.2, 0.25) is 0 Å². The van der Waals surface area contributed by atoms with Gasteiger partial charge in [0, 0.05) is 59.5 Å². The first-order valence-electron chi connectivity index (χ1n) is 12.3. The Hall–Kier alpha value is -3.23. The van der Waals surface area contributed by atoms with Crippen molar-refractivity contribution in [2.45, 2.75) is 32.4 Å². The number of fused-ring (bicyclic) bond motifs is 4. The lowest BCUT2D eigenvalue weighted by molar-refractivity contribution is 0.0955. The molecule has 2 aliphatic heterocycles. The molecule has 2 atom stereocenters. The van der Waals surface area contributed by atoms with E-state index < -0.39 is 0 Å². The van der Waals surface area contributed by atoms with Crippen LogP contribution in [0.5, 0.6) is 5.75 Å². The van der Waals surface area contributed by atoms with E-state index in [0.29, 0.717) is 24.0 Å². The fraction of sp³-hybridized carbons (Fsp3) is 0.321. The number of rotatable bonds is 7. The predicted molar refractivity (Wildman–Crippen MR) is 144 cm³/mol. The molecule has 8 heteroatoms. The third-order valence-electron chi connectivity index (χ3n) is 6.82. The number of nitrogens with zero attached hydrogens (tertiary/aromatic N) is 3. The van der Waals surface area contributed by atoms with E-state index in [-0.39, 0.29) is 11.5 Å². The zero-order chi connectivity index (χ0) is 25.1. The highest BCUT2D eigenvalue weighted by Crippen LogP contribution is 2.36. The van der Waals surface area contributed by atoms with E-state index in [9.17, 15) is 9.59 Å². The average molecular weight is 549 g/mol. The van der Waals surface area contributed by atoms with Gasteiger partial charge in [-0.1, -0.05) is 22.0 Å². The average Bonchev–Trinajstić information content (AvgIpc) is 2.87. The van der Waals surface area contributed by atoms with E-state index in [1.54, 1.807) is 24.4 Å². The SMILES string of the molecule is CCOc1ccc(/C=N/NC(=O)c2ccc(Br)cc2)cc1CN1CC2CC(C1)c1cccc(=O)n1C2. The molecule has 1 aromatic heterocycles. The smallest absolute Gasteiger partial charge is 0.271 e. The molecule has 0 saturated carbocycles. The van der Waals surface area contributed by atoms with Crippen LogP contribution < -0.4 is 15.7 Å². The van der Waals surface area contributed by atoms with Gasteiger partial charge in [-0.05, 0) is 73.4 Å². The number of ether oxygens (including phenoxy) is 1. The number of carbonyl (C=O) groups is 1. The van der Waals surface area contributed by atoms with Crippen LogP contribution in [0.2, 0.25) is 0 Å². The monoisotopic (exact) mass is 548 g/mol. The zero-order valence-corrected chi connectivity index (χ0v) is 21.8. The second kappa shape index (κ2) is 10.8. The van der Waals surface area contributed by atoms with E-state index >= 15 is 0 Å². The van der Waals surface area contributed by atoms with E-state index in [1.165, 1.54) is 0 Å². The van der Waals surface area contributed by atoms with Crippen LogP contribution in [-0.2, 0) is 13.1 Å². The second-order valence-electron chi connectivity index (χ2n) is 9.40. The summed E-state index contributed by atoms with van der Waals surface area (Å²) in [5.41, 5.74) is 6.37. The number of carbonyl (C=O) groups excluding carboxylic acids is 1. The van der Waals surface area contributed by atoms with Gasteiger partial charge >= 0.3 is 0 Å². The molecule has 1 amide bonds. The minimum atomic E-state index is -0.260. The molecule has 0 aliphatic carbocycles. The maximum Gasteiger partial charge on any atom is 0.271 e. The lowest BCUT2D eigenvalue weighted by atomic mass is 9.83. The highest BCUT2D eigenvalue weighted by molar-refractivity contribution is 9.10. The molecule has 1 saturated heterocycles. The Kier molecular flexibility index (Phi) is 7.34. The van der Waals surface area contributed by atoms with E-state index in [0.717, 1.165) is 59.6 Å². The minimum Gasteiger partial charge on any atom is -0.494 e. The maximum absolute atomic E-state index is 12.3. The summed E-state index contributed by atoms with van der Waals surface area (Å²) in [6, 6.07) is 18.7. The van der Waals surface area contributed by atoms with Gasteiger partial charge in [-0.25, -0.2) is 5.43 Å². The van der Waals surface area contributed by atoms with Gasteiger partial charge in [-0.15, -0.1) is 0 Å². The summed E-state index contributed by atoms with van der Waals surface area (Å²) >= 11 is 3.37. The highest BCUT2D eigenvalue weighted by atomic mass is 79.9. The second-order valence-corrected chi connectivity index (χ2v) is 10.3. The fourth-order valence-corrected chi connectivity index (χ4v) is 5.56. The molecule has 1 fully saturated rings. The molecule has 2 aliphatic rings. The van der Waals surface area contributed by atoms with Crippen LogP contribution in [0.15, 0.2) is 75.0 Å². The van der Waals surface area contributed by atoms with Crippen molar-refractivity contribution in [2.24, 2.45) is 11.0 Å². The van der Waals surface area contributed by atoms with Gasteiger partial charge in [0.05, 0.1) is 12.8 Å². The van der Waals surface area contributed by atoms with Crippen LogP contribution in [0.25, 0.3) is 0 Å². The predicted octanol–water partition coefficient (Wildman–Crippen LogP) is 4.39. The van der Waals surface area contributed by atoms with Gasteiger partial charge in [0.15, 0.2) is 0 Å². The summed E-state index contributed by atoms with van der Waals surface area (Å²) in [6.45, 7) is 5.97. The van der Waals surface area contributed by atoms with Crippen LogP contribution in [0, 0.1) is 5.92 Å². The molecular weight excluding hydrogens is 520 g/mol. The van der Waals surface area contributed by atoms with Crippen molar-refractivity contribution in [3.63, 3.8) is 0 Å². The minimum absolute atomic E-state index is 0.105. The Morgan fingerprint density at radius 1 is 1.14 bits per heavy atom. The fourth-order valence-electron chi connectivity index (χ4n) is 5.30. The summed E-state index contributed by atoms with van der Waals surface area (Å²) in [4.78, 5) is 27.1. The van der Waals surface area contributed by atoms with Gasteiger partial charge in [-0.2, -0.15) is 5.10 Å². The van der Waals surface area contributed by atoms with Gasteiger partial charge in [0.1, 0.15) is 5.75 Å². The number of hydrazone groups is 1. The molecule has 36 heavy (non-hydrogen) atoms. The Bertz CT molecular complexity index is 1340. The van der Waals surface area contributed by atoms with Crippen molar-refractivity contribution in [2.75, 3.05) is 19.7 Å². The lowest BCUT2D eigenvalue weighted by Gasteiger charge is -2.43. The normalized spacial score (nSPS) is 19.2. The summed E-state index contributed by atoms with van der Waals surface area (Å²) < 4.78 is 8.80. The van der Waals surface area contributed by atoms with Crippen LogP contribution >= 0.6 is 15.9 Å². The van der Waals surface area contributed by atoms with Crippen molar-refractivity contribution >= 4 is 28.1 Å². The van der Waals surface area contributed by atoms with Crippen molar-refractivity contribution in [3.05, 3.63) is 97.9 Å². The van der Waals surface area contributed by atoms with E-state index in [2.05, 4.69) is 43.5 Å². The Morgan fingerprint density at radius 3 is 2.78 bits per heavy atom. The maximum atomic E-state index is 12.3. The first-order chi connectivity index (χ1) is 17.5. The summed E-state index contributed by atoms with van der Waals surface area (Å²) in [6.07, 6.45) is 2.78. The number of hydrogen-bond donors (Lipinski definition) is 1. The number of likely N-dealkylation sites (tertiary alicyclic amines) is 1. The third kappa shape index (κ3) is 5.44. The van der Waals surface area contributed by atoms with Crippen molar-refractivity contribution in [1.82, 2.24) is 14.9 Å². The Morgan fingerprint density at radius 2 is 1.97 bits per heavy atom. The molecule has 0 radical (unpaired) electrons. The highest BCUT2D eigenvalue weighted by Gasteiger charge is 2.34. The van der Waals surface area contributed by atoms with Crippen LogP contribution in [-0.4, -0.2) is 41.3 Å². The molecule has 5 rings (SSSR count). The van der Waals surface area contributed by atoms with Crippen molar-refractivity contribution in [3.8, 4) is 5.75 Å². The van der Waals surface area contributed by atoms with Gasteiger partial charge in [0.25, 0.3) is 11.5 Å². The zero-order valence-electron chi connectivity index (χ0n) is 20.2. The number of piperidine rings is 1. The van der Waals surface area contributed by atoms with E-state index in [4.69, 9.17) is 4.74 Å². The number of amides is 1. The van der Waals surface area contributed by atoms with Gasteiger partial charge < -0.3 is 9.30 Å². The number of hydrogen-bond acceptors (Lipinski definition) is 5. The van der Waals surface area contributed by atoms with Crippen LogP contribution in [0.3, 0.4) is 0 Å². The quantitative estimate of drug-likeness (QED) is 0.351. The molecule has 1 N–H and O–H groups in total. The lowest BCUT2D eigenvalue weighted by Crippen LogP contribution is -2.46. The first-order valence-corrected chi connectivity index (χ1v) is 13.1. The number of benzene rings is 2. The number of aromatic nitrogens is 1. The summed E-state index contributed by atoms with van der Waals surface area (Å²) in [5, 5.41) is 4.16. The molecule has 2 aromatic carbocycles. The molecule has 186 valence electrons. The number of nitrogens with one attached hydrogen (secondary N) is 1. The topological polar surface area (TPSA) is 75.9 Å². The molecule has 3 aromatic rings. The number of pyridine rings is 1. The molecule has 2 unspecified atom stereocenters. The summed E-state index contributed by atoms with van der Waals surface area (Å²) in [5.74, 6) is 1.43. The molecule has 3 heterocycles. The first kappa shape index (κ1) is 24.5. The third-order valence-corrected chi connectivity index (χ3v) is 7.35. The molecule has 0 spiro atoms. The van der Waals surface area contributed by atoms with Crippen LogP contribution in [0.4, 0.5) is 0 Å². The Labute approximate surface area is 218 Å². The summed E-state index contributed by atoms with van der Waals surface area (Å²) in [7, 11) is 0. The van der Waals surface area contributed by atoms with Crippen molar-refractivity contribution < 1.29 is 9.53 Å². The van der Waals surface area contributed by atoms with E-state index in [1.807, 2.05) is 41.8 Å². The number of halogens is 1. The largest absolute Gasteiger partial charge is 0.494 e. The Balaban J connectivity index is 1.29. The van der Waals surface area contributed by atoms with Gasteiger partial charge in [-0.3, -0.25) is 14.5 Å². The van der Waals surface area contributed by atoms with Crippen LogP contribution in [0.1, 0.15) is 46.4 Å². The van der Waals surface area contributed by atoms with Crippen molar-refractivity contribution in [1.29, 1.82) is 0 Å². The standard InChI is InChI=1S/C28H29BrN4O3/c1-2-36-26-11-6-19(14-30-31-28(35)21-7-9-24(29)10-8-21)12-23(26)18-32-15-20-13-22(17-32)25-4-3-5-27(34)33(25)16-20/h3-12,14,20,22H,2,13,15-18H2,1H3,(H,31,35)/b30-14+.